The summed E-state index contributed by atoms with van der Waals surface area (Å²) in [6, 6.07) is 13.7. The summed E-state index contributed by atoms with van der Waals surface area (Å²) in [5.74, 6) is -9.57. The first kappa shape index (κ1) is 29.4. The molecule has 0 amide bonds. The highest BCUT2D eigenvalue weighted by molar-refractivity contribution is 6.17. The van der Waals surface area contributed by atoms with Gasteiger partial charge >= 0.3 is 53.7 Å². The van der Waals surface area contributed by atoms with E-state index in [4.69, 9.17) is 14.2 Å². The van der Waals surface area contributed by atoms with E-state index in [2.05, 4.69) is 14.2 Å². The molecule has 4 aromatic rings. The second-order valence-corrected chi connectivity index (χ2v) is 10.1. The average Bonchev–Trinajstić information content (AvgIpc) is 3.63. The molecule has 4 aromatic carbocycles. The Morgan fingerprint density at radius 1 is 0.354 bits per heavy atom. The van der Waals surface area contributed by atoms with Gasteiger partial charge < -0.3 is 28.4 Å². The standard InChI is InChI=1S/C33H12O15/c34-25(13-1-4-19-22(7-13)31(40)46-28(19)37)43-16-10-17(44-26(35)14-2-5-20-23(8-14)32(41)47-29(20)38)12-18(11-16)45-27(36)15-3-6-21-24(9-15)33(42)48-30(21)39/h1-12H. The molecule has 0 aromatic heterocycles. The third-order valence-corrected chi connectivity index (χ3v) is 7.13. The van der Waals surface area contributed by atoms with Gasteiger partial charge in [-0.1, -0.05) is 0 Å². The number of hydrogen-bond acceptors (Lipinski definition) is 15. The molecule has 48 heavy (non-hydrogen) atoms. The summed E-state index contributed by atoms with van der Waals surface area (Å²) < 4.78 is 29.8. The van der Waals surface area contributed by atoms with Gasteiger partial charge in [0.25, 0.3) is 0 Å². The van der Waals surface area contributed by atoms with Crippen molar-refractivity contribution in [1.29, 1.82) is 0 Å². The normalized spacial score (nSPS) is 14.0. The van der Waals surface area contributed by atoms with E-state index < -0.39 is 53.7 Å². The molecule has 0 aliphatic carbocycles. The molecule has 15 nitrogen and oxygen atoms in total. The number of esters is 9. The highest BCUT2D eigenvalue weighted by atomic mass is 16.6. The minimum Gasteiger partial charge on any atom is -0.423 e. The van der Waals surface area contributed by atoms with Crippen LogP contribution in [0.25, 0.3) is 0 Å². The van der Waals surface area contributed by atoms with Crippen molar-refractivity contribution >= 4 is 53.7 Å². The van der Waals surface area contributed by atoms with Crippen molar-refractivity contribution in [2.24, 2.45) is 0 Å². The zero-order valence-electron chi connectivity index (χ0n) is 23.6. The van der Waals surface area contributed by atoms with Crippen molar-refractivity contribution in [3.8, 4) is 17.2 Å². The molecule has 0 saturated heterocycles. The van der Waals surface area contributed by atoms with Crippen LogP contribution in [0.2, 0.25) is 0 Å². The lowest BCUT2D eigenvalue weighted by atomic mass is 10.1. The lowest BCUT2D eigenvalue weighted by molar-refractivity contribution is 0.0425. The van der Waals surface area contributed by atoms with Crippen LogP contribution in [0.4, 0.5) is 0 Å². The topological polar surface area (TPSA) is 209 Å². The van der Waals surface area contributed by atoms with E-state index >= 15 is 0 Å². The molecule has 0 unspecified atom stereocenters. The van der Waals surface area contributed by atoms with Crippen molar-refractivity contribution < 1.29 is 71.6 Å². The van der Waals surface area contributed by atoms with Gasteiger partial charge in [-0.3, -0.25) is 0 Å². The Morgan fingerprint density at radius 2 is 0.604 bits per heavy atom. The SMILES string of the molecule is O=C(Oc1cc(OC(=O)c2ccc3c(c2)C(=O)OC3=O)cc(OC(=O)c2ccc3c(c2)C(=O)OC3=O)c1)c1ccc2c(c1)C(=O)OC2=O. The van der Waals surface area contributed by atoms with Crippen molar-refractivity contribution in [2.75, 3.05) is 0 Å². The number of benzene rings is 4. The number of cyclic esters (lactones) is 6. The predicted molar refractivity (Wildman–Crippen MR) is 150 cm³/mol. The van der Waals surface area contributed by atoms with Gasteiger partial charge in [0.1, 0.15) is 17.2 Å². The van der Waals surface area contributed by atoms with Gasteiger partial charge in [0.2, 0.25) is 0 Å². The van der Waals surface area contributed by atoms with Crippen LogP contribution in [0, 0.1) is 0 Å². The van der Waals surface area contributed by atoms with Crippen molar-refractivity contribution in [3.63, 3.8) is 0 Å². The Labute approximate surface area is 265 Å². The van der Waals surface area contributed by atoms with Gasteiger partial charge in [-0.2, -0.15) is 0 Å². The third-order valence-electron chi connectivity index (χ3n) is 7.13. The van der Waals surface area contributed by atoms with Crippen molar-refractivity contribution in [3.05, 3.63) is 123 Å². The molecular weight excluding hydrogens is 636 g/mol. The molecule has 3 aliphatic rings. The number of hydrogen-bond donors (Lipinski definition) is 0. The largest absolute Gasteiger partial charge is 0.423 e. The highest BCUT2D eigenvalue weighted by Gasteiger charge is 2.33. The zero-order valence-corrected chi connectivity index (χ0v) is 23.6. The maximum absolute atomic E-state index is 13.0. The fourth-order valence-corrected chi connectivity index (χ4v) is 4.86. The molecule has 0 fully saturated rings. The Morgan fingerprint density at radius 3 is 0.875 bits per heavy atom. The first-order valence-electron chi connectivity index (χ1n) is 13.5. The molecule has 0 bridgehead atoms. The molecule has 0 spiro atoms. The summed E-state index contributed by atoms with van der Waals surface area (Å²) in [5, 5.41) is 0. The quantitative estimate of drug-likeness (QED) is 0.127. The van der Waals surface area contributed by atoms with E-state index in [9.17, 15) is 43.2 Å². The molecule has 0 N–H and O–H groups in total. The molecule has 15 heteroatoms. The minimum atomic E-state index is -1.03. The monoisotopic (exact) mass is 648 g/mol. The maximum atomic E-state index is 13.0. The third kappa shape index (κ3) is 5.12. The van der Waals surface area contributed by atoms with Crippen LogP contribution in [0.1, 0.15) is 93.2 Å². The van der Waals surface area contributed by atoms with Crippen LogP contribution in [-0.2, 0) is 14.2 Å². The van der Waals surface area contributed by atoms with Crippen molar-refractivity contribution in [1.82, 2.24) is 0 Å². The van der Waals surface area contributed by atoms with E-state index in [-0.39, 0.29) is 67.3 Å². The molecular formula is C33H12O15. The van der Waals surface area contributed by atoms with Gasteiger partial charge in [-0.25, -0.2) is 43.2 Å². The van der Waals surface area contributed by atoms with Gasteiger partial charge in [0, 0.05) is 18.2 Å². The number of carbonyl (C=O) groups is 9. The fourth-order valence-electron chi connectivity index (χ4n) is 4.86. The Bertz CT molecular complexity index is 2000. The second-order valence-electron chi connectivity index (χ2n) is 10.1. The molecule has 0 saturated carbocycles. The zero-order chi connectivity index (χ0) is 33.9. The highest BCUT2D eigenvalue weighted by Crippen LogP contribution is 2.31. The lowest BCUT2D eigenvalue weighted by Crippen LogP contribution is -2.13. The summed E-state index contributed by atoms with van der Waals surface area (Å²) in [4.78, 5) is 110. The summed E-state index contributed by atoms with van der Waals surface area (Å²) in [6.07, 6.45) is 0. The van der Waals surface area contributed by atoms with E-state index in [0.717, 1.165) is 36.4 Å². The first-order chi connectivity index (χ1) is 22.9. The Hall–Kier alpha value is -7.29. The molecule has 234 valence electrons. The van der Waals surface area contributed by atoms with Crippen molar-refractivity contribution in [2.45, 2.75) is 0 Å². The Balaban J connectivity index is 1.19. The average molecular weight is 648 g/mol. The van der Waals surface area contributed by atoms with E-state index in [1.807, 2.05) is 0 Å². The van der Waals surface area contributed by atoms with Crippen LogP contribution in [0.5, 0.6) is 17.2 Å². The first-order valence-corrected chi connectivity index (χ1v) is 13.5. The number of carbonyl (C=O) groups excluding carboxylic acids is 9. The number of rotatable bonds is 6. The minimum absolute atomic E-state index is 0.0481. The second kappa shape index (κ2) is 11.0. The smallest absolute Gasteiger partial charge is 0.346 e. The van der Waals surface area contributed by atoms with Gasteiger partial charge in [0.05, 0.1) is 50.1 Å². The van der Waals surface area contributed by atoms with Crippen LogP contribution in [0.3, 0.4) is 0 Å². The number of fused-ring (bicyclic) bond motifs is 3. The summed E-state index contributed by atoms with van der Waals surface area (Å²) in [5.41, 5.74) is -1.12. The van der Waals surface area contributed by atoms with Gasteiger partial charge in [-0.05, 0) is 54.6 Å². The molecule has 3 heterocycles. The van der Waals surface area contributed by atoms with Crippen LogP contribution < -0.4 is 14.2 Å². The molecule has 0 radical (unpaired) electrons. The maximum Gasteiger partial charge on any atom is 0.346 e. The van der Waals surface area contributed by atoms with Gasteiger partial charge in [0.15, 0.2) is 0 Å². The van der Waals surface area contributed by atoms with E-state index in [1.165, 1.54) is 36.4 Å². The predicted octanol–water partition coefficient (Wildman–Crippen LogP) is 3.28. The molecule has 0 atom stereocenters. The summed E-state index contributed by atoms with van der Waals surface area (Å²) in [6.45, 7) is 0. The summed E-state index contributed by atoms with van der Waals surface area (Å²) in [7, 11) is 0. The fraction of sp³-hybridized carbons (Fsp3) is 0. The van der Waals surface area contributed by atoms with Gasteiger partial charge in [-0.15, -0.1) is 0 Å². The van der Waals surface area contributed by atoms with E-state index in [1.54, 1.807) is 0 Å². The van der Waals surface area contributed by atoms with Crippen LogP contribution in [-0.4, -0.2) is 53.7 Å². The molecule has 3 aliphatic heterocycles. The van der Waals surface area contributed by atoms with Crippen LogP contribution in [0.15, 0.2) is 72.8 Å². The summed E-state index contributed by atoms with van der Waals surface area (Å²) >= 11 is 0. The molecule has 7 rings (SSSR count). The number of ether oxygens (including phenoxy) is 6. The van der Waals surface area contributed by atoms with Crippen LogP contribution >= 0.6 is 0 Å². The van der Waals surface area contributed by atoms with E-state index in [0.29, 0.717) is 0 Å². The Kier molecular flexibility index (Phi) is 6.71. The lowest BCUT2D eigenvalue weighted by Gasteiger charge is -2.12.